The molecular weight excluding hydrogens is 232 g/mol. The summed E-state index contributed by atoms with van der Waals surface area (Å²) in [5.41, 5.74) is -0.336. The lowest BCUT2D eigenvalue weighted by molar-refractivity contribution is 0.0378. The number of aromatic nitrogens is 2. The first kappa shape index (κ1) is 13.0. The predicted octanol–water partition coefficient (Wildman–Crippen LogP) is 0.862. The zero-order valence-corrected chi connectivity index (χ0v) is 10.6. The van der Waals surface area contributed by atoms with Crippen LogP contribution in [0.3, 0.4) is 0 Å². The van der Waals surface area contributed by atoms with E-state index < -0.39 is 0 Å². The van der Waals surface area contributed by atoms with Gasteiger partial charge in [0.2, 0.25) is 0 Å². The molecular formula is C12H20N4O2. The van der Waals surface area contributed by atoms with Crippen LogP contribution in [0.1, 0.15) is 19.8 Å². The number of aliphatic hydroxyl groups excluding tert-OH is 1. The van der Waals surface area contributed by atoms with Gasteiger partial charge in [-0.3, -0.25) is 4.98 Å². The molecule has 1 saturated heterocycles. The minimum absolute atomic E-state index is 0.0729. The van der Waals surface area contributed by atoms with Crippen molar-refractivity contribution in [2.75, 3.05) is 37.0 Å². The standard InChI is InChI=1S/C12H20N4O2/c1-2-14-10-7-13-8-11(15-10)16-12(9-17)3-5-18-6-4-12/h7-8,17H,2-6,9H2,1H3,(H2,14,15,16). The fraction of sp³-hybridized carbons (Fsp3) is 0.667. The summed E-state index contributed by atoms with van der Waals surface area (Å²) in [7, 11) is 0. The van der Waals surface area contributed by atoms with Crippen LogP contribution in [0.25, 0.3) is 0 Å². The molecule has 0 amide bonds. The summed E-state index contributed by atoms with van der Waals surface area (Å²) in [5, 5.41) is 16.0. The van der Waals surface area contributed by atoms with Crippen LogP contribution in [0.15, 0.2) is 12.4 Å². The van der Waals surface area contributed by atoms with Gasteiger partial charge in [0.1, 0.15) is 11.6 Å². The van der Waals surface area contributed by atoms with E-state index in [2.05, 4.69) is 20.6 Å². The Morgan fingerprint density at radius 3 is 2.72 bits per heavy atom. The first-order valence-corrected chi connectivity index (χ1v) is 6.31. The zero-order valence-electron chi connectivity index (χ0n) is 10.6. The summed E-state index contributed by atoms with van der Waals surface area (Å²) in [6, 6.07) is 0. The zero-order chi connectivity index (χ0) is 12.8. The number of ether oxygens (including phenoxy) is 1. The molecule has 2 rings (SSSR count). The smallest absolute Gasteiger partial charge is 0.147 e. The number of anilines is 2. The fourth-order valence-electron chi connectivity index (χ4n) is 2.05. The Kier molecular flexibility index (Phi) is 4.33. The second-order valence-corrected chi connectivity index (χ2v) is 4.50. The number of nitrogens with zero attached hydrogens (tertiary/aromatic N) is 2. The monoisotopic (exact) mass is 252 g/mol. The summed E-state index contributed by atoms with van der Waals surface area (Å²) in [6.45, 7) is 4.21. The Morgan fingerprint density at radius 2 is 2.06 bits per heavy atom. The Bertz CT molecular complexity index is 380. The van der Waals surface area contributed by atoms with E-state index in [9.17, 15) is 5.11 Å². The molecule has 1 aliphatic rings. The topological polar surface area (TPSA) is 79.3 Å². The van der Waals surface area contributed by atoms with Crippen molar-refractivity contribution in [2.24, 2.45) is 0 Å². The van der Waals surface area contributed by atoms with Gasteiger partial charge in [0.05, 0.1) is 24.5 Å². The minimum Gasteiger partial charge on any atom is -0.394 e. The Balaban J connectivity index is 2.08. The lowest BCUT2D eigenvalue weighted by atomic mass is 9.91. The van der Waals surface area contributed by atoms with Gasteiger partial charge in [-0.1, -0.05) is 0 Å². The van der Waals surface area contributed by atoms with Gasteiger partial charge in [-0.25, -0.2) is 4.98 Å². The van der Waals surface area contributed by atoms with Crippen LogP contribution in [0.2, 0.25) is 0 Å². The molecule has 0 spiro atoms. The second kappa shape index (κ2) is 5.97. The van der Waals surface area contributed by atoms with Crippen molar-refractivity contribution in [3.05, 3.63) is 12.4 Å². The highest BCUT2D eigenvalue weighted by atomic mass is 16.5. The average Bonchev–Trinajstić information content (AvgIpc) is 2.41. The summed E-state index contributed by atoms with van der Waals surface area (Å²) in [6.07, 6.45) is 4.91. The Morgan fingerprint density at radius 1 is 1.33 bits per heavy atom. The summed E-state index contributed by atoms with van der Waals surface area (Å²) in [4.78, 5) is 8.55. The largest absolute Gasteiger partial charge is 0.394 e. The lowest BCUT2D eigenvalue weighted by Crippen LogP contribution is -2.47. The van der Waals surface area contributed by atoms with E-state index in [1.165, 1.54) is 0 Å². The molecule has 0 bridgehead atoms. The van der Waals surface area contributed by atoms with Gasteiger partial charge in [-0.05, 0) is 19.8 Å². The van der Waals surface area contributed by atoms with Crippen molar-refractivity contribution >= 4 is 11.6 Å². The molecule has 1 fully saturated rings. The molecule has 0 saturated carbocycles. The van der Waals surface area contributed by atoms with E-state index >= 15 is 0 Å². The first-order valence-electron chi connectivity index (χ1n) is 6.31. The van der Waals surface area contributed by atoms with Gasteiger partial charge in [-0.2, -0.15) is 0 Å². The molecule has 0 aromatic carbocycles. The summed E-state index contributed by atoms with van der Waals surface area (Å²) >= 11 is 0. The van der Waals surface area contributed by atoms with Gasteiger partial charge in [0.25, 0.3) is 0 Å². The van der Waals surface area contributed by atoms with Crippen molar-refractivity contribution in [2.45, 2.75) is 25.3 Å². The van der Waals surface area contributed by atoms with E-state index in [1.54, 1.807) is 12.4 Å². The number of rotatable bonds is 5. The van der Waals surface area contributed by atoms with Crippen LogP contribution in [0, 0.1) is 0 Å². The number of hydrogen-bond acceptors (Lipinski definition) is 6. The third-order valence-electron chi connectivity index (χ3n) is 3.14. The fourth-order valence-corrected chi connectivity index (χ4v) is 2.05. The second-order valence-electron chi connectivity index (χ2n) is 4.50. The molecule has 1 aliphatic heterocycles. The van der Waals surface area contributed by atoms with Crippen LogP contribution in [-0.2, 0) is 4.74 Å². The van der Waals surface area contributed by atoms with Crippen molar-refractivity contribution in [3.63, 3.8) is 0 Å². The van der Waals surface area contributed by atoms with Crippen molar-refractivity contribution < 1.29 is 9.84 Å². The summed E-state index contributed by atoms with van der Waals surface area (Å²) in [5.74, 6) is 1.42. The quantitative estimate of drug-likeness (QED) is 0.721. The highest BCUT2D eigenvalue weighted by Gasteiger charge is 2.32. The maximum Gasteiger partial charge on any atom is 0.147 e. The average molecular weight is 252 g/mol. The van der Waals surface area contributed by atoms with Gasteiger partial charge in [-0.15, -0.1) is 0 Å². The van der Waals surface area contributed by atoms with Crippen molar-refractivity contribution in [3.8, 4) is 0 Å². The van der Waals surface area contributed by atoms with E-state index in [0.717, 1.165) is 25.2 Å². The molecule has 3 N–H and O–H groups in total. The number of hydrogen-bond donors (Lipinski definition) is 3. The molecule has 2 heterocycles. The molecule has 0 atom stereocenters. The van der Waals surface area contributed by atoms with Crippen LogP contribution < -0.4 is 10.6 Å². The van der Waals surface area contributed by atoms with E-state index in [0.29, 0.717) is 19.0 Å². The number of aliphatic hydroxyl groups is 1. The van der Waals surface area contributed by atoms with Gasteiger partial charge < -0.3 is 20.5 Å². The molecule has 18 heavy (non-hydrogen) atoms. The molecule has 0 unspecified atom stereocenters. The minimum atomic E-state index is -0.336. The normalized spacial score (nSPS) is 18.3. The van der Waals surface area contributed by atoms with Crippen LogP contribution in [0.4, 0.5) is 11.6 Å². The lowest BCUT2D eigenvalue weighted by Gasteiger charge is -2.36. The SMILES string of the molecule is CCNc1cncc(NC2(CO)CCOCC2)n1. The maximum absolute atomic E-state index is 9.59. The third-order valence-corrected chi connectivity index (χ3v) is 3.14. The predicted molar refractivity (Wildman–Crippen MR) is 69.7 cm³/mol. The summed E-state index contributed by atoms with van der Waals surface area (Å²) < 4.78 is 5.33. The van der Waals surface area contributed by atoms with E-state index in [1.807, 2.05) is 6.92 Å². The van der Waals surface area contributed by atoms with Crippen molar-refractivity contribution in [1.29, 1.82) is 0 Å². The van der Waals surface area contributed by atoms with Gasteiger partial charge in [0, 0.05) is 19.8 Å². The number of nitrogens with one attached hydrogen (secondary N) is 2. The van der Waals surface area contributed by atoms with Crippen LogP contribution >= 0.6 is 0 Å². The molecule has 1 aromatic heterocycles. The molecule has 6 heteroatoms. The van der Waals surface area contributed by atoms with Crippen LogP contribution in [-0.4, -0.2) is 47.0 Å². The highest BCUT2D eigenvalue weighted by Crippen LogP contribution is 2.24. The van der Waals surface area contributed by atoms with Crippen molar-refractivity contribution in [1.82, 2.24) is 9.97 Å². The molecule has 100 valence electrons. The van der Waals surface area contributed by atoms with Gasteiger partial charge in [0.15, 0.2) is 0 Å². The first-order chi connectivity index (χ1) is 8.78. The Labute approximate surface area is 107 Å². The van der Waals surface area contributed by atoms with E-state index in [-0.39, 0.29) is 12.1 Å². The molecule has 0 radical (unpaired) electrons. The molecule has 1 aromatic rings. The Hall–Kier alpha value is -1.40. The maximum atomic E-state index is 9.59. The van der Waals surface area contributed by atoms with Gasteiger partial charge >= 0.3 is 0 Å². The molecule has 0 aliphatic carbocycles. The molecule has 6 nitrogen and oxygen atoms in total. The van der Waals surface area contributed by atoms with E-state index in [4.69, 9.17) is 4.74 Å². The van der Waals surface area contributed by atoms with Crippen LogP contribution in [0.5, 0.6) is 0 Å². The third kappa shape index (κ3) is 3.08. The highest BCUT2D eigenvalue weighted by molar-refractivity contribution is 5.43.